The number of ether oxygens (including phenoxy) is 1. The average molecular weight is 364 g/mol. The van der Waals surface area contributed by atoms with Gasteiger partial charge in [0.1, 0.15) is 11.5 Å². The summed E-state index contributed by atoms with van der Waals surface area (Å²) < 4.78 is 5.80. The highest BCUT2D eigenvalue weighted by Gasteiger charge is 2.04. The Morgan fingerprint density at radius 3 is 2.38 bits per heavy atom. The summed E-state index contributed by atoms with van der Waals surface area (Å²) in [7, 11) is 0. The van der Waals surface area contributed by atoms with E-state index in [9.17, 15) is 4.79 Å². The molecule has 0 aromatic heterocycles. The molecule has 0 atom stereocenters. The second kappa shape index (κ2) is 8.88. The Hall–Kier alpha value is -3.04. The molecule has 3 nitrogen and oxygen atoms in total. The van der Waals surface area contributed by atoms with Gasteiger partial charge in [-0.05, 0) is 41.5 Å². The monoisotopic (exact) mass is 363 g/mol. The molecule has 0 fully saturated rings. The van der Waals surface area contributed by atoms with E-state index in [-0.39, 0.29) is 5.91 Å². The summed E-state index contributed by atoms with van der Waals surface area (Å²) in [6.07, 6.45) is 3.23. The molecular weight excluding hydrogens is 346 g/mol. The van der Waals surface area contributed by atoms with Gasteiger partial charge in [0.15, 0.2) is 0 Å². The zero-order valence-electron chi connectivity index (χ0n) is 14.1. The molecule has 3 aromatic carbocycles. The predicted molar refractivity (Wildman–Crippen MR) is 105 cm³/mol. The minimum atomic E-state index is -0.158. The lowest BCUT2D eigenvalue weighted by Gasteiger charge is -2.08. The number of carbonyl (C=O) groups excluding carboxylic acids is 1. The van der Waals surface area contributed by atoms with Crippen LogP contribution in [0.15, 0.2) is 84.9 Å². The third-order valence-electron chi connectivity index (χ3n) is 3.66. The van der Waals surface area contributed by atoms with E-state index in [1.54, 1.807) is 18.2 Å². The Kier molecular flexibility index (Phi) is 6.07. The van der Waals surface area contributed by atoms with Crippen LogP contribution < -0.4 is 10.1 Å². The number of halogens is 1. The van der Waals surface area contributed by atoms with Crippen LogP contribution in [0, 0.1) is 0 Å². The van der Waals surface area contributed by atoms with Crippen LogP contribution in [0.3, 0.4) is 0 Å². The molecule has 130 valence electrons. The molecule has 3 aromatic rings. The van der Waals surface area contributed by atoms with Crippen LogP contribution in [-0.2, 0) is 11.3 Å². The van der Waals surface area contributed by atoms with Crippen molar-refractivity contribution in [3.8, 4) is 11.5 Å². The fourth-order valence-electron chi connectivity index (χ4n) is 2.33. The summed E-state index contributed by atoms with van der Waals surface area (Å²) in [4.78, 5) is 12.0. The Morgan fingerprint density at radius 2 is 1.65 bits per heavy atom. The normalized spacial score (nSPS) is 10.7. The van der Waals surface area contributed by atoms with Gasteiger partial charge < -0.3 is 10.1 Å². The smallest absolute Gasteiger partial charge is 0.244 e. The van der Waals surface area contributed by atoms with Crippen molar-refractivity contribution in [1.82, 2.24) is 5.32 Å². The number of nitrogens with one attached hydrogen (secondary N) is 1. The molecule has 0 heterocycles. The molecule has 4 heteroatoms. The highest BCUT2D eigenvalue weighted by Crippen LogP contribution is 2.30. The number of carbonyl (C=O) groups is 1. The van der Waals surface area contributed by atoms with Crippen molar-refractivity contribution in [2.75, 3.05) is 0 Å². The molecule has 0 radical (unpaired) electrons. The van der Waals surface area contributed by atoms with Crippen molar-refractivity contribution in [3.05, 3.63) is 101 Å². The number of hydrogen-bond donors (Lipinski definition) is 1. The highest BCUT2D eigenvalue weighted by atomic mass is 35.5. The summed E-state index contributed by atoms with van der Waals surface area (Å²) in [5, 5.41) is 3.37. The van der Waals surface area contributed by atoms with E-state index < -0.39 is 0 Å². The van der Waals surface area contributed by atoms with E-state index in [0.717, 1.165) is 11.1 Å². The molecule has 0 saturated carbocycles. The molecule has 0 saturated heterocycles. The molecule has 0 bridgehead atoms. The first kappa shape index (κ1) is 17.8. The Bertz CT molecular complexity index is 893. The van der Waals surface area contributed by atoms with Gasteiger partial charge in [-0.3, -0.25) is 4.79 Å². The van der Waals surface area contributed by atoms with Gasteiger partial charge >= 0.3 is 0 Å². The standard InChI is InChI=1S/C22H18ClNO2/c23-20-13-11-17(15-21(20)26-19-9-5-2-6-10-19)12-14-22(25)24-16-18-7-3-1-4-8-18/h1-15H,16H2,(H,24,25)/b14-12+. The van der Waals surface area contributed by atoms with E-state index >= 15 is 0 Å². The van der Waals surface area contributed by atoms with Crippen molar-refractivity contribution < 1.29 is 9.53 Å². The van der Waals surface area contributed by atoms with Gasteiger partial charge in [0.05, 0.1) is 5.02 Å². The van der Waals surface area contributed by atoms with Crippen LogP contribution >= 0.6 is 11.6 Å². The quantitative estimate of drug-likeness (QED) is 0.590. The fourth-order valence-corrected chi connectivity index (χ4v) is 2.49. The molecule has 26 heavy (non-hydrogen) atoms. The lowest BCUT2D eigenvalue weighted by molar-refractivity contribution is -0.116. The minimum absolute atomic E-state index is 0.158. The van der Waals surface area contributed by atoms with E-state index in [0.29, 0.717) is 23.1 Å². The van der Waals surface area contributed by atoms with E-state index in [1.807, 2.05) is 66.7 Å². The molecule has 0 aliphatic rings. The molecule has 0 aliphatic heterocycles. The maximum atomic E-state index is 12.0. The minimum Gasteiger partial charge on any atom is -0.456 e. The van der Waals surface area contributed by atoms with Gasteiger partial charge in [-0.2, -0.15) is 0 Å². The lowest BCUT2D eigenvalue weighted by Crippen LogP contribution is -2.20. The predicted octanol–water partition coefficient (Wildman–Crippen LogP) is 5.46. The van der Waals surface area contributed by atoms with Gasteiger partial charge in [-0.25, -0.2) is 0 Å². The molecule has 1 amide bonds. The third-order valence-corrected chi connectivity index (χ3v) is 3.98. The van der Waals surface area contributed by atoms with Crippen molar-refractivity contribution >= 4 is 23.6 Å². The van der Waals surface area contributed by atoms with Gasteiger partial charge in [-0.1, -0.05) is 66.2 Å². The van der Waals surface area contributed by atoms with Gasteiger partial charge in [0.25, 0.3) is 0 Å². The second-order valence-electron chi connectivity index (χ2n) is 5.64. The van der Waals surface area contributed by atoms with Crippen molar-refractivity contribution in [1.29, 1.82) is 0 Å². The van der Waals surface area contributed by atoms with Gasteiger partial charge in [-0.15, -0.1) is 0 Å². The summed E-state index contributed by atoms with van der Waals surface area (Å²) >= 11 is 6.20. The van der Waals surface area contributed by atoms with Crippen LogP contribution in [0.5, 0.6) is 11.5 Å². The Labute approximate surface area is 157 Å². The maximum Gasteiger partial charge on any atom is 0.244 e. The Morgan fingerprint density at radius 1 is 0.962 bits per heavy atom. The van der Waals surface area contributed by atoms with Crippen LogP contribution in [0.25, 0.3) is 6.08 Å². The number of para-hydroxylation sites is 1. The number of amides is 1. The zero-order valence-corrected chi connectivity index (χ0v) is 14.8. The molecular formula is C22H18ClNO2. The Balaban J connectivity index is 1.63. The molecule has 0 unspecified atom stereocenters. The lowest BCUT2D eigenvalue weighted by atomic mass is 10.2. The van der Waals surface area contributed by atoms with Crippen molar-refractivity contribution in [2.24, 2.45) is 0 Å². The number of hydrogen-bond acceptors (Lipinski definition) is 2. The SMILES string of the molecule is O=C(/C=C/c1ccc(Cl)c(Oc2ccccc2)c1)NCc1ccccc1. The maximum absolute atomic E-state index is 12.0. The van der Waals surface area contributed by atoms with Crippen molar-refractivity contribution in [2.45, 2.75) is 6.54 Å². The fraction of sp³-hybridized carbons (Fsp3) is 0.0455. The van der Waals surface area contributed by atoms with Crippen LogP contribution in [0.2, 0.25) is 5.02 Å². The van der Waals surface area contributed by atoms with Crippen LogP contribution in [0.4, 0.5) is 0 Å². The summed E-state index contributed by atoms with van der Waals surface area (Å²) in [5.74, 6) is 1.09. The van der Waals surface area contributed by atoms with Crippen LogP contribution in [0.1, 0.15) is 11.1 Å². The largest absolute Gasteiger partial charge is 0.456 e. The first-order chi connectivity index (χ1) is 12.7. The average Bonchev–Trinajstić information content (AvgIpc) is 2.68. The van der Waals surface area contributed by atoms with E-state index in [4.69, 9.17) is 16.3 Å². The van der Waals surface area contributed by atoms with Crippen molar-refractivity contribution in [3.63, 3.8) is 0 Å². The molecule has 0 spiro atoms. The molecule has 0 aliphatic carbocycles. The van der Waals surface area contributed by atoms with E-state index in [2.05, 4.69) is 5.32 Å². The van der Waals surface area contributed by atoms with Crippen LogP contribution in [-0.4, -0.2) is 5.91 Å². The summed E-state index contributed by atoms with van der Waals surface area (Å²) in [6, 6.07) is 24.6. The molecule has 3 rings (SSSR count). The first-order valence-electron chi connectivity index (χ1n) is 8.23. The number of benzene rings is 3. The third kappa shape index (κ3) is 5.23. The van der Waals surface area contributed by atoms with Gasteiger partial charge in [0, 0.05) is 12.6 Å². The number of rotatable bonds is 6. The zero-order chi connectivity index (χ0) is 18.2. The van der Waals surface area contributed by atoms with Gasteiger partial charge in [0.2, 0.25) is 5.91 Å². The summed E-state index contributed by atoms with van der Waals surface area (Å²) in [6.45, 7) is 0.493. The second-order valence-corrected chi connectivity index (χ2v) is 6.05. The van der Waals surface area contributed by atoms with E-state index in [1.165, 1.54) is 6.08 Å². The highest BCUT2D eigenvalue weighted by molar-refractivity contribution is 6.32. The summed E-state index contributed by atoms with van der Waals surface area (Å²) in [5.41, 5.74) is 1.88. The topological polar surface area (TPSA) is 38.3 Å². The molecule has 1 N–H and O–H groups in total. The first-order valence-corrected chi connectivity index (χ1v) is 8.61.